The maximum atomic E-state index is 10.5. The van der Waals surface area contributed by atoms with E-state index in [1.807, 2.05) is 0 Å². The molecule has 1 rings (SSSR count). The first-order valence-corrected chi connectivity index (χ1v) is 3.16. The van der Waals surface area contributed by atoms with Crippen molar-refractivity contribution >= 4 is 6.08 Å². The van der Waals surface area contributed by atoms with Crippen molar-refractivity contribution in [2.75, 3.05) is 6.61 Å². The van der Waals surface area contributed by atoms with Crippen LogP contribution in [0.4, 0.5) is 0 Å². The number of rotatable bonds is 2. The first-order valence-electron chi connectivity index (χ1n) is 3.16. The van der Waals surface area contributed by atoms with E-state index < -0.39 is 0 Å². The van der Waals surface area contributed by atoms with Crippen molar-refractivity contribution in [3.63, 3.8) is 0 Å². The van der Waals surface area contributed by atoms with Gasteiger partial charge in [-0.1, -0.05) is 6.08 Å². The van der Waals surface area contributed by atoms with E-state index >= 15 is 0 Å². The SMILES string of the molecule is O=c1ccc(C=CCO)n[nH]1. The molecule has 0 aliphatic rings. The van der Waals surface area contributed by atoms with Crippen LogP contribution >= 0.6 is 0 Å². The fourth-order valence-corrected chi connectivity index (χ4v) is 0.622. The Morgan fingerprint density at radius 2 is 2.45 bits per heavy atom. The standard InChI is InChI=1S/C7H8N2O2/c10-5-1-2-6-3-4-7(11)9-8-6/h1-4,10H,5H2,(H,9,11). The fraction of sp³-hybridized carbons (Fsp3) is 0.143. The van der Waals surface area contributed by atoms with Crippen LogP contribution in [0.5, 0.6) is 0 Å². The van der Waals surface area contributed by atoms with Crippen molar-refractivity contribution in [1.29, 1.82) is 0 Å². The lowest BCUT2D eigenvalue weighted by molar-refractivity contribution is 0.343. The second kappa shape index (κ2) is 3.68. The molecule has 0 bridgehead atoms. The van der Waals surface area contributed by atoms with Crippen LogP contribution in [0.1, 0.15) is 5.69 Å². The summed E-state index contributed by atoms with van der Waals surface area (Å²) < 4.78 is 0. The van der Waals surface area contributed by atoms with Gasteiger partial charge in [-0.15, -0.1) is 0 Å². The molecule has 0 aromatic carbocycles. The van der Waals surface area contributed by atoms with Gasteiger partial charge >= 0.3 is 0 Å². The van der Waals surface area contributed by atoms with Gasteiger partial charge in [-0.3, -0.25) is 4.79 Å². The van der Waals surface area contributed by atoms with Gasteiger partial charge < -0.3 is 5.11 Å². The highest BCUT2D eigenvalue weighted by molar-refractivity contribution is 5.42. The summed E-state index contributed by atoms with van der Waals surface area (Å²) in [5.74, 6) is 0. The van der Waals surface area contributed by atoms with Gasteiger partial charge in [-0.2, -0.15) is 5.10 Å². The van der Waals surface area contributed by atoms with Gasteiger partial charge in [0.1, 0.15) is 0 Å². The predicted octanol–water partition coefficient (Wildman–Crippen LogP) is -0.225. The van der Waals surface area contributed by atoms with Gasteiger partial charge in [-0.05, 0) is 12.1 Å². The first kappa shape index (κ1) is 7.68. The average molecular weight is 152 g/mol. The van der Waals surface area contributed by atoms with Gasteiger partial charge in [-0.25, -0.2) is 5.10 Å². The van der Waals surface area contributed by atoms with E-state index in [-0.39, 0.29) is 12.2 Å². The minimum Gasteiger partial charge on any atom is -0.392 e. The molecule has 11 heavy (non-hydrogen) atoms. The summed E-state index contributed by atoms with van der Waals surface area (Å²) >= 11 is 0. The molecule has 0 atom stereocenters. The van der Waals surface area contributed by atoms with Crippen molar-refractivity contribution in [3.8, 4) is 0 Å². The normalized spacial score (nSPS) is 10.6. The second-order valence-electron chi connectivity index (χ2n) is 1.93. The van der Waals surface area contributed by atoms with Crippen LogP contribution in [0.2, 0.25) is 0 Å². The molecule has 0 unspecified atom stereocenters. The summed E-state index contributed by atoms with van der Waals surface area (Å²) in [5.41, 5.74) is 0.393. The quantitative estimate of drug-likeness (QED) is 0.615. The van der Waals surface area contributed by atoms with Crippen LogP contribution in [-0.2, 0) is 0 Å². The maximum absolute atomic E-state index is 10.5. The van der Waals surface area contributed by atoms with E-state index in [9.17, 15) is 4.79 Å². The molecular formula is C7H8N2O2. The lowest BCUT2D eigenvalue weighted by Gasteiger charge is -1.87. The first-order chi connectivity index (χ1) is 5.33. The molecule has 0 saturated heterocycles. The van der Waals surface area contributed by atoms with Crippen LogP contribution in [0.25, 0.3) is 6.08 Å². The summed E-state index contributed by atoms with van der Waals surface area (Å²) in [5, 5.41) is 14.3. The van der Waals surface area contributed by atoms with Crippen LogP contribution in [0.3, 0.4) is 0 Å². The van der Waals surface area contributed by atoms with Crippen LogP contribution in [-0.4, -0.2) is 21.9 Å². The Labute approximate surface area is 63.2 Å². The number of aromatic nitrogens is 2. The van der Waals surface area contributed by atoms with Gasteiger partial charge in [0.15, 0.2) is 0 Å². The van der Waals surface area contributed by atoms with E-state index in [1.54, 1.807) is 18.2 Å². The van der Waals surface area contributed by atoms with Gasteiger partial charge in [0.05, 0.1) is 12.3 Å². The Kier molecular flexibility index (Phi) is 2.57. The fourth-order valence-electron chi connectivity index (χ4n) is 0.622. The zero-order valence-electron chi connectivity index (χ0n) is 5.82. The Morgan fingerprint density at radius 1 is 1.64 bits per heavy atom. The van der Waals surface area contributed by atoms with E-state index in [4.69, 9.17) is 5.11 Å². The van der Waals surface area contributed by atoms with Gasteiger partial charge in [0.25, 0.3) is 5.56 Å². The monoisotopic (exact) mass is 152 g/mol. The Balaban J connectivity index is 2.82. The van der Waals surface area contributed by atoms with Crippen molar-refractivity contribution in [2.24, 2.45) is 0 Å². The molecule has 0 radical (unpaired) electrons. The van der Waals surface area contributed by atoms with Gasteiger partial charge in [0.2, 0.25) is 0 Å². The summed E-state index contributed by atoms with van der Waals surface area (Å²) in [7, 11) is 0. The number of hydrogen-bond donors (Lipinski definition) is 2. The highest BCUT2D eigenvalue weighted by atomic mass is 16.2. The summed E-state index contributed by atoms with van der Waals surface area (Å²) in [4.78, 5) is 10.5. The molecule has 0 aliphatic carbocycles. The number of H-pyrrole nitrogens is 1. The molecule has 1 aromatic rings. The van der Waals surface area contributed by atoms with Crippen molar-refractivity contribution in [2.45, 2.75) is 0 Å². The maximum Gasteiger partial charge on any atom is 0.264 e. The number of aromatic amines is 1. The molecule has 1 heterocycles. The molecule has 0 aliphatic heterocycles. The van der Waals surface area contributed by atoms with Crippen molar-refractivity contribution in [1.82, 2.24) is 10.2 Å². The lowest BCUT2D eigenvalue weighted by Crippen LogP contribution is -2.05. The summed E-state index contributed by atoms with van der Waals surface area (Å²) in [6.45, 7) is -0.0270. The Bertz CT molecular complexity index is 283. The number of aliphatic hydroxyl groups is 1. The zero-order valence-corrected chi connectivity index (χ0v) is 5.82. The van der Waals surface area contributed by atoms with Crippen LogP contribution in [0.15, 0.2) is 23.0 Å². The van der Waals surface area contributed by atoms with E-state index in [0.717, 1.165) is 0 Å². The third-order valence-corrected chi connectivity index (χ3v) is 1.09. The topological polar surface area (TPSA) is 66.0 Å². The average Bonchev–Trinajstić information content (AvgIpc) is 2.04. The highest BCUT2D eigenvalue weighted by Gasteiger charge is 1.85. The molecule has 1 aromatic heterocycles. The minimum absolute atomic E-state index is 0.0270. The summed E-state index contributed by atoms with van der Waals surface area (Å²) in [6.07, 6.45) is 3.16. The predicted molar refractivity (Wildman–Crippen MR) is 41.0 cm³/mol. The number of nitrogens with one attached hydrogen (secondary N) is 1. The second-order valence-corrected chi connectivity index (χ2v) is 1.93. The van der Waals surface area contributed by atoms with E-state index in [2.05, 4.69) is 10.2 Å². The van der Waals surface area contributed by atoms with Crippen LogP contribution < -0.4 is 5.56 Å². The highest BCUT2D eigenvalue weighted by Crippen LogP contribution is 1.90. The zero-order chi connectivity index (χ0) is 8.10. The van der Waals surface area contributed by atoms with Gasteiger partial charge in [0, 0.05) is 6.07 Å². The number of hydrogen-bond acceptors (Lipinski definition) is 3. The molecule has 58 valence electrons. The Hall–Kier alpha value is -1.42. The molecule has 0 spiro atoms. The molecule has 2 N–H and O–H groups in total. The third-order valence-electron chi connectivity index (χ3n) is 1.09. The number of nitrogens with zero attached hydrogens (tertiary/aromatic N) is 1. The molecule has 0 saturated carbocycles. The van der Waals surface area contributed by atoms with Crippen LogP contribution in [0, 0.1) is 0 Å². The van der Waals surface area contributed by atoms with Crippen molar-refractivity contribution in [3.05, 3.63) is 34.3 Å². The van der Waals surface area contributed by atoms with Crippen molar-refractivity contribution < 1.29 is 5.11 Å². The third kappa shape index (κ3) is 2.35. The molecule has 0 amide bonds. The van der Waals surface area contributed by atoms with E-state index in [0.29, 0.717) is 5.69 Å². The summed E-state index contributed by atoms with van der Waals surface area (Å²) in [6, 6.07) is 2.95. The smallest absolute Gasteiger partial charge is 0.264 e. The Morgan fingerprint density at radius 3 is 3.00 bits per heavy atom. The molecular weight excluding hydrogens is 144 g/mol. The van der Waals surface area contributed by atoms with E-state index in [1.165, 1.54) is 6.07 Å². The largest absolute Gasteiger partial charge is 0.392 e. The molecule has 0 fully saturated rings. The molecule has 4 heteroatoms. The molecule has 4 nitrogen and oxygen atoms in total. The minimum atomic E-state index is -0.230. The lowest BCUT2D eigenvalue weighted by atomic mass is 10.3. The number of aliphatic hydroxyl groups excluding tert-OH is 1.